The van der Waals surface area contributed by atoms with Gasteiger partial charge >= 0.3 is 0 Å². The molecule has 0 aromatic carbocycles. The Morgan fingerprint density at radius 3 is 3.13 bits per heavy atom. The summed E-state index contributed by atoms with van der Waals surface area (Å²) in [4.78, 5) is 12.5. The Hall–Kier alpha value is -1.31. The molecule has 0 aliphatic carbocycles. The third kappa shape index (κ3) is 4.15. The van der Waals surface area contributed by atoms with E-state index in [1.54, 1.807) is 11.3 Å². The molecule has 2 N–H and O–H groups in total. The van der Waals surface area contributed by atoms with Gasteiger partial charge in [-0.15, -0.1) is 17.8 Å². The Balaban J connectivity index is 2.29. The van der Waals surface area contributed by atoms with Crippen LogP contribution in [0.5, 0.6) is 0 Å². The summed E-state index contributed by atoms with van der Waals surface area (Å²) < 4.78 is 0. The van der Waals surface area contributed by atoms with Gasteiger partial charge in [0.2, 0.25) is 5.91 Å². The molecule has 1 heterocycles. The maximum Gasteiger partial charge on any atom is 0.234 e. The highest BCUT2D eigenvalue weighted by Crippen LogP contribution is 2.17. The van der Waals surface area contributed by atoms with E-state index >= 15 is 0 Å². The fourth-order valence-corrected chi connectivity index (χ4v) is 1.88. The van der Waals surface area contributed by atoms with Crippen molar-refractivity contribution in [1.29, 1.82) is 0 Å². The molecule has 0 saturated carbocycles. The van der Waals surface area contributed by atoms with Gasteiger partial charge in [0.05, 0.1) is 19.1 Å². The fraction of sp³-hybridized carbons (Fsp3) is 0.364. The molecule has 80 valence electrons. The smallest absolute Gasteiger partial charge is 0.234 e. The molecule has 1 aromatic heterocycles. The van der Waals surface area contributed by atoms with E-state index in [0.717, 1.165) is 4.88 Å². The summed E-state index contributed by atoms with van der Waals surface area (Å²) in [7, 11) is 0. The van der Waals surface area contributed by atoms with Crippen molar-refractivity contribution < 1.29 is 4.79 Å². The van der Waals surface area contributed by atoms with Crippen LogP contribution in [0.1, 0.15) is 17.8 Å². The number of carbonyl (C=O) groups is 1. The normalized spacial score (nSPS) is 11.7. The minimum absolute atomic E-state index is 0.0360. The van der Waals surface area contributed by atoms with Crippen LogP contribution in [0.2, 0.25) is 0 Å². The molecule has 0 radical (unpaired) electrons. The minimum atomic E-state index is -0.0360. The molecule has 0 saturated heterocycles. The molecule has 0 aliphatic heterocycles. The van der Waals surface area contributed by atoms with Crippen molar-refractivity contribution in [3.63, 3.8) is 0 Å². The molecular weight excluding hydrogens is 208 g/mol. The third-order valence-corrected chi connectivity index (χ3v) is 2.92. The molecule has 0 bridgehead atoms. The van der Waals surface area contributed by atoms with Crippen molar-refractivity contribution in [2.75, 3.05) is 13.1 Å². The van der Waals surface area contributed by atoms with Gasteiger partial charge in [0, 0.05) is 4.88 Å². The van der Waals surface area contributed by atoms with Gasteiger partial charge in [-0.25, -0.2) is 0 Å². The predicted molar refractivity (Wildman–Crippen MR) is 62.6 cm³/mol. The van der Waals surface area contributed by atoms with E-state index in [1.165, 1.54) is 0 Å². The summed E-state index contributed by atoms with van der Waals surface area (Å²) >= 11 is 1.63. The van der Waals surface area contributed by atoms with Crippen molar-refractivity contribution in [3.8, 4) is 12.3 Å². The van der Waals surface area contributed by atoms with Crippen LogP contribution in [-0.4, -0.2) is 19.0 Å². The minimum Gasteiger partial charge on any atom is -0.348 e. The number of hydrogen-bond donors (Lipinski definition) is 2. The lowest BCUT2D eigenvalue weighted by Gasteiger charge is -2.11. The van der Waals surface area contributed by atoms with E-state index in [0.29, 0.717) is 6.54 Å². The van der Waals surface area contributed by atoms with Gasteiger partial charge in [-0.3, -0.25) is 10.1 Å². The van der Waals surface area contributed by atoms with E-state index in [-0.39, 0.29) is 18.5 Å². The molecule has 1 atom stereocenters. The van der Waals surface area contributed by atoms with Crippen LogP contribution < -0.4 is 10.6 Å². The number of terminal acetylenes is 1. The zero-order chi connectivity index (χ0) is 11.1. The van der Waals surface area contributed by atoms with Crippen molar-refractivity contribution in [2.24, 2.45) is 0 Å². The van der Waals surface area contributed by atoms with Crippen LogP contribution in [0.25, 0.3) is 0 Å². The zero-order valence-corrected chi connectivity index (χ0v) is 9.43. The molecule has 1 amide bonds. The number of thiophene rings is 1. The lowest BCUT2D eigenvalue weighted by atomic mass is 10.3. The molecule has 3 nitrogen and oxygen atoms in total. The highest BCUT2D eigenvalue weighted by Gasteiger charge is 2.09. The van der Waals surface area contributed by atoms with Crippen LogP contribution in [0.15, 0.2) is 17.5 Å². The Labute approximate surface area is 93.9 Å². The van der Waals surface area contributed by atoms with Crippen molar-refractivity contribution in [3.05, 3.63) is 22.4 Å². The lowest BCUT2D eigenvalue weighted by molar-refractivity contribution is -0.120. The maximum absolute atomic E-state index is 11.4. The van der Waals surface area contributed by atoms with Crippen LogP contribution in [-0.2, 0) is 4.79 Å². The number of amides is 1. The summed E-state index contributed by atoms with van der Waals surface area (Å²) in [5.74, 6) is 2.38. The number of nitrogens with one attached hydrogen (secondary N) is 2. The van der Waals surface area contributed by atoms with Gasteiger partial charge in [-0.05, 0) is 18.4 Å². The standard InChI is InChI=1S/C11H14N2OS/c1-3-6-12-8-11(14)13-9(2)10-5-4-7-15-10/h1,4-5,7,9,12H,6,8H2,2H3,(H,13,14). The zero-order valence-electron chi connectivity index (χ0n) is 8.62. The molecule has 1 aromatic rings. The Kier molecular flexibility index (Phi) is 4.88. The van der Waals surface area contributed by atoms with Crippen molar-refractivity contribution >= 4 is 17.2 Å². The fourth-order valence-electron chi connectivity index (χ4n) is 1.15. The van der Waals surface area contributed by atoms with E-state index in [2.05, 4.69) is 16.6 Å². The van der Waals surface area contributed by atoms with E-state index in [1.807, 2.05) is 24.4 Å². The first kappa shape index (κ1) is 11.8. The second kappa shape index (κ2) is 6.23. The average Bonchev–Trinajstić information content (AvgIpc) is 2.70. The molecule has 1 rings (SSSR count). The van der Waals surface area contributed by atoms with Crippen LogP contribution in [0.3, 0.4) is 0 Å². The monoisotopic (exact) mass is 222 g/mol. The van der Waals surface area contributed by atoms with Crippen LogP contribution in [0.4, 0.5) is 0 Å². The lowest BCUT2D eigenvalue weighted by Crippen LogP contribution is -2.35. The van der Waals surface area contributed by atoms with Crippen LogP contribution >= 0.6 is 11.3 Å². The summed E-state index contributed by atoms with van der Waals surface area (Å²) in [6.07, 6.45) is 5.05. The van der Waals surface area contributed by atoms with Gasteiger partial charge in [-0.1, -0.05) is 12.0 Å². The first-order valence-corrected chi connectivity index (χ1v) is 5.59. The first-order chi connectivity index (χ1) is 7.24. The van der Waals surface area contributed by atoms with E-state index < -0.39 is 0 Å². The molecular formula is C11H14N2OS. The SMILES string of the molecule is C#CCNCC(=O)NC(C)c1cccs1. The summed E-state index contributed by atoms with van der Waals surface area (Å²) in [6.45, 7) is 2.64. The van der Waals surface area contributed by atoms with E-state index in [9.17, 15) is 4.79 Å². The highest BCUT2D eigenvalue weighted by atomic mass is 32.1. The van der Waals surface area contributed by atoms with E-state index in [4.69, 9.17) is 6.42 Å². The number of rotatable bonds is 5. The highest BCUT2D eigenvalue weighted by molar-refractivity contribution is 7.10. The van der Waals surface area contributed by atoms with Gasteiger partial charge in [0.15, 0.2) is 0 Å². The average molecular weight is 222 g/mol. The van der Waals surface area contributed by atoms with Gasteiger partial charge in [0.25, 0.3) is 0 Å². The quantitative estimate of drug-likeness (QED) is 0.579. The third-order valence-electron chi connectivity index (χ3n) is 1.86. The Morgan fingerprint density at radius 2 is 2.53 bits per heavy atom. The number of carbonyl (C=O) groups excluding carboxylic acids is 1. The topological polar surface area (TPSA) is 41.1 Å². The van der Waals surface area contributed by atoms with Crippen molar-refractivity contribution in [2.45, 2.75) is 13.0 Å². The molecule has 1 unspecified atom stereocenters. The summed E-state index contributed by atoms with van der Waals surface area (Å²) in [5, 5.41) is 7.72. The molecule has 0 fully saturated rings. The molecule has 15 heavy (non-hydrogen) atoms. The Bertz CT molecular complexity index is 340. The molecule has 0 spiro atoms. The largest absolute Gasteiger partial charge is 0.348 e. The molecule has 4 heteroatoms. The van der Waals surface area contributed by atoms with Crippen LogP contribution in [0, 0.1) is 12.3 Å². The predicted octanol–water partition coefficient (Wildman–Crippen LogP) is 1.15. The molecule has 0 aliphatic rings. The second-order valence-electron chi connectivity index (χ2n) is 3.11. The van der Waals surface area contributed by atoms with Gasteiger partial charge < -0.3 is 5.32 Å². The Morgan fingerprint density at radius 1 is 1.73 bits per heavy atom. The summed E-state index contributed by atoms with van der Waals surface area (Å²) in [6, 6.07) is 4.04. The first-order valence-electron chi connectivity index (χ1n) is 4.71. The number of hydrogen-bond acceptors (Lipinski definition) is 3. The second-order valence-corrected chi connectivity index (χ2v) is 4.09. The maximum atomic E-state index is 11.4. The van der Waals surface area contributed by atoms with Gasteiger partial charge in [-0.2, -0.15) is 0 Å². The van der Waals surface area contributed by atoms with Crippen molar-refractivity contribution in [1.82, 2.24) is 10.6 Å². The summed E-state index contributed by atoms with van der Waals surface area (Å²) in [5.41, 5.74) is 0. The van der Waals surface area contributed by atoms with Gasteiger partial charge in [0.1, 0.15) is 0 Å².